The second-order valence-corrected chi connectivity index (χ2v) is 7.90. The molecule has 1 atom stereocenters. The fourth-order valence-corrected chi connectivity index (χ4v) is 2.91. The highest BCUT2D eigenvalue weighted by molar-refractivity contribution is 6.28. The lowest BCUT2D eigenvalue weighted by atomic mass is 9.66. The van der Waals surface area contributed by atoms with Gasteiger partial charge in [-0.2, -0.15) is 0 Å². The summed E-state index contributed by atoms with van der Waals surface area (Å²) < 4.78 is 32.2. The molecule has 1 aliphatic carbocycles. The van der Waals surface area contributed by atoms with Crippen molar-refractivity contribution in [1.82, 2.24) is 5.32 Å². The Balaban J connectivity index is 2.29. The minimum absolute atomic E-state index is 0.0209. The Kier molecular flexibility index (Phi) is 5.23. The molecule has 2 rings (SSSR count). The summed E-state index contributed by atoms with van der Waals surface area (Å²) in [6, 6.07) is 1.49. The lowest BCUT2D eigenvalue weighted by Gasteiger charge is -2.34. The van der Waals surface area contributed by atoms with Crippen LogP contribution in [0.4, 0.5) is 8.78 Å². The van der Waals surface area contributed by atoms with E-state index in [2.05, 4.69) is 5.32 Å². The van der Waals surface area contributed by atoms with E-state index < -0.39 is 58.6 Å². The van der Waals surface area contributed by atoms with Gasteiger partial charge in [-0.05, 0) is 52.3 Å². The van der Waals surface area contributed by atoms with Gasteiger partial charge in [0, 0.05) is 5.56 Å². The van der Waals surface area contributed by atoms with Crippen molar-refractivity contribution in [2.75, 3.05) is 6.54 Å². The molecule has 0 spiro atoms. The molecule has 0 aromatic heterocycles. The summed E-state index contributed by atoms with van der Waals surface area (Å²) in [5.74, 6) is -7.60. The van der Waals surface area contributed by atoms with Crippen LogP contribution in [0.5, 0.6) is 0 Å². The third-order valence-electron chi connectivity index (χ3n) is 4.23. The highest BCUT2D eigenvalue weighted by atomic mass is 19.2. The Morgan fingerprint density at radius 2 is 1.70 bits per heavy atom. The van der Waals surface area contributed by atoms with Crippen LogP contribution in [0.25, 0.3) is 0 Å². The van der Waals surface area contributed by atoms with Crippen LogP contribution in [0, 0.1) is 17.6 Å². The number of carbonyl (C=O) groups is 4. The summed E-state index contributed by atoms with van der Waals surface area (Å²) in [5.41, 5.74) is -2.35. The van der Waals surface area contributed by atoms with Gasteiger partial charge in [-0.25, -0.2) is 8.78 Å². The van der Waals surface area contributed by atoms with Crippen molar-refractivity contribution in [1.29, 1.82) is 0 Å². The number of Topliss-reactive ketones (excluding diaryl/α,β-unsaturated/α-hetero) is 2. The summed E-state index contributed by atoms with van der Waals surface area (Å²) in [5, 5.41) is 2.21. The highest BCUT2D eigenvalue weighted by Gasteiger charge is 2.49. The van der Waals surface area contributed by atoms with Crippen molar-refractivity contribution in [3.8, 4) is 0 Å². The number of ether oxygens (including phenoxy) is 1. The number of hydrogen-bond donors (Lipinski definition) is 1. The number of halogens is 2. The molecule has 0 fully saturated rings. The van der Waals surface area contributed by atoms with Crippen LogP contribution in [-0.4, -0.2) is 35.6 Å². The second kappa shape index (κ2) is 6.83. The van der Waals surface area contributed by atoms with Crippen LogP contribution in [0.2, 0.25) is 0 Å². The Morgan fingerprint density at radius 3 is 2.26 bits per heavy atom. The van der Waals surface area contributed by atoms with E-state index in [0.717, 1.165) is 6.07 Å². The van der Waals surface area contributed by atoms with Crippen LogP contribution in [0.1, 0.15) is 50.5 Å². The third-order valence-corrected chi connectivity index (χ3v) is 4.23. The number of ketones is 2. The van der Waals surface area contributed by atoms with Crippen LogP contribution >= 0.6 is 0 Å². The molecule has 8 heteroatoms. The Hall–Kier alpha value is -2.64. The molecule has 1 aliphatic rings. The van der Waals surface area contributed by atoms with Gasteiger partial charge in [0.05, 0.1) is 5.41 Å². The van der Waals surface area contributed by atoms with E-state index >= 15 is 0 Å². The maximum absolute atomic E-state index is 13.6. The van der Waals surface area contributed by atoms with Crippen LogP contribution in [0.15, 0.2) is 12.1 Å². The summed E-state index contributed by atoms with van der Waals surface area (Å²) in [6.07, 6.45) is 0. The highest BCUT2D eigenvalue weighted by Crippen LogP contribution is 2.38. The molecule has 1 aromatic rings. The van der Waals surface area contributed by atoms with E-state index in [1.54, 1.807) is 20.8 Å². The zero-order valence-corrected chi connectivity index (χ0v) is 15.7. The van der Waals surface area contributed by atoms with E-state index in [1.807, 2.05) is 0 Å². The first-order valence-electron chi connectivity index (χ1n) is 8.33. The number of benzene rings is 1. The lowest BCUT2D eigenvalue weighted by molar-refractivity contribution is -0.155. The first kappa shape index (κ1) is 20.7. The molecule has 27 heavy (non-hydrogen) atoms. The molecular weight excluding hydrogens is 360 g/mol. The van der Waals surface area contributed by atoms with Crippen molar-refractivity contribution in [3.63, 3.8) is 0 Å². The molecule has 0 radical (unpaired) electrons. The summed E-state index contributed by atoms with van der Waals surface area (Å²) in [6.45, 7) is 7.26. The minimum atomic E-state index is -1.75. The normalized spacial score (nSPS) is 18.7. The van der Waals surface area contributed by atoms with Crippen molar-refractivity contribution in [2.24, 2.45) is 5.92 Å². The van der Waals surface area contributed by atoms with E-state index in [9.17, 15) is 28.0 Å². The van der Waals surface area contributed by atoms with Gasteiger partial charge in [-0.1, -0.05) is 0 Å². The zero-order valence-electron chi connectivity index (χ0n) is 15.7. The van der Waals surface area contributed by atoms with Gasteiger partial charge >= 0.3 is 5.97 Å². The van der Waals surface area contributed by atoms with E-state index in [4.69, 9.17) is 4.74 Å². The fourth-order valence-electron chi connectivity index (χ4n) is 2.91. The largest absolute Gasteiger partial charge is 0.459 e. The summed E-state index contributed by atoms with van der Waals surface area (Å²) in [7, 11) is 0. The van der Waals surface area contributed by atoms with Gasteiger partial charge in [-0.15, -0.1) is 0 Å². The molecule has 1 N–H and O–H groups in total. The number of esters is 1. The molecule has 0 bridgehead atoms. The molecule has 1 unspecified atom stereocenters. The Morgan fingerprint density at radius 1 is 1.15 bits per heavy atom. The maximum Gasteiger partial charge on any atom is 0.325 e. The van der Waals surface area contributed by atoms with Crippen molar-refractivity contribution in [3.05, 3.63) is 34.9 Å². The molecule has 0 aliphatic heterocycles. The molecule has 0 saturated carbocycles. The van der Waals surface area contributed by atoms with Gasteiger partial charge in [0.25, 0.3) is 0 Å². The van der Waals surface area contributed by atoms with Crippen LogP contribution < -0.4 is 5.32 Å². The second-order valence-electron chi connectivity index (χ2n) is 7.90. The van der Waals surface area contributed by atoms with Gasteiger partial charge in [0.2, 0.25) is 5.91 Å². The topological polar surface area (TPSA) is 89.5 Å². The predicted octanol–water partition coefficient (Wildman–Crippen LogP) is 2.08. The van der Waals surface area contributed by atoms with Crippen LogP contribution in [0.3, 0.4) is 0 Å². The monoisotopic (exact) mass is 381 g/mol. The number of fused-ring (bicyclic) bond motifs is 1. The summed E-state index contributed by atoms with van der Waals surface area (Å²) in [4.78, 5) is 49.5. The zero-order chi connectivity index (χ0) is 20.7. The predicted molar refractivity (Wildman–Crippen MR) is 91.1 cm³/mol. The van der Waals surface area contributed by atoms with E-state index in [0.29, 0.717) is 6.07 Å². The smallest absolute Gasteiger partial charge is 0.325 e. The molecule has 1 aromatic carbocycles. The number of amides is 1. The molecule has 0 heterocycles. The molecule has 0 saturated heterocycles. The van der Waals surface area contributed by atoms with Gasteiger partial charge in [0.15, 0.2) is 29.1 Å². The van der Waals surface area contributed by atoms with E-state index in [-0.39, 0.29) is 11.1 Å². The standard InChI is InChI=1S/C19H21F2NO5/c1-18(2,3)27-13(23)8-22-17(26)14-15(24)9-6-11(20)12(21)7-10(9)19(4,5)16(14)25/h6-7,14H,8H2,1-5H3,(H,22,26). The number of rotatable bonds is 3. The van der Waals surface area contributed by atoms with E-state index in [1.165, 1.54) is 13.8 Å². The first-order chi connectivity index (χ1) is 12.3. The van der Waals surface area contributed by atoms with Crippen molar-refractivity contribution in [2.45, 2.75) is 45.6 Å². The first-order valence-corrected chi connectivity index (χ1v) is 8.33. The SMILES string of the molecule is CC(C)(C)OC(=O)CNC(=O)C1C(=O)c2cc(F)c(F)cc2C(C)(C)C1=O. The number of carbonyl (C=O) groups excluding carboxylic acids is 4. The fraction of sp³-hybridized carbons (Fsp3) is 0.474. The average Bonchev–Trinajstić information content (AvgIpc) is 2.52. The van der Waals surface area contributed by atoms with Gasteiger partial charge in [0.1, 0.15) is 12.1 Å². The number of hydrogen-bond acceptors (Lipinski definition) is 5. The Labute approximate surface area is 155 Å². The maximum atomic E-state index is 13.6. The van der Waals surface area contributed by atoms with Crippen molar-refractivity contribution < 1.29 is 32.7 Å². The quantitative estimate of drug-likeness (QED) is 0.640. The number of nitrogens with one attached hydrogen (secondary N) is 1. The van der Waals surface area contributed by atoms with Gasteiger partial charge in [-0.3, -0.25) is 19.2 Å². The molecule has 6 nitrogen and oxygen atoms in total. The minimum Gasteiger partial charge on any atom is -0.459 e. The molecular formula is C19H21F2NO5. The van der Waals surface area contributed by atoms with Gasteiger partial charge < -0.3 is 10.1 Å². The molecule has 146 valence electrons. The lowest BCUT2D eigenvalue weighted by Crippen LogP contribution is -2.52. The molecule has 1 amide bonds. The Bertz CT molecular complexity index is 839. The average molecular weight is 381 g/mol. The van der Waals surface area contributed by atoms with Crippen molar-refractivity contribution >= 4 is 23.4 Å². The third kappa shape index (κ3) is 4.04. The summed E-state index contributed by atoms with van der Waals surface area (Å²) >= 11 is 0. The van der Waals surface area contributed by atoms with Crippen LogP contribution in [-0.2, 0) is 24.5 Å².